The Hall–Kier alpha value is -2.45. The van der Waals surface area contributed by atoms with Gasteiger partial charge in [-0.25, -0.2) is 13.2 Å². The van der Waals surface area contributed by atoms with Crippen molar-refractivity contribution in [2.45, 2.75) is 13.0 Å². The number of carbonyl (C=O) groups excluding carboxylic acids is 1. The summed E-state index contributed by atoms with van der Waals surface area (Å²) < 4.78 is 41.4. The van der Waals surface area contributed by atoms with Crippen molar-refractivity contribution < 1.29 is 27.4 Å². The first-order chi connectivity index (χ1) is 12.8. The fourth-order valence-electron chi connectivity index (χ4n) is 2.52. The summed E-state index contributed by atoms with van der Waals surface area (Å²) in [7, 11) is -3.43. The van der Waals surface area contributed by atoms with Crippen molar-refractivity contribution in [3.05, 3.63) is 52.5 Å². The minimum Gasteiger partial charge on any atom is -0.489 e. The highest BCUT2D eigenvalue weighted by molar-refractivity contribution is 7.92. The molecule has 0 radical (unpaired) electrons. The Morgan fingerprint density at radius 2 is 2.00 bits per heavy atom. The molecule has 0 saturated heterocycles. The molecule has 1 aliphatic rings. The Kier molecular flexibility index (Phi) is 5.76. The standard InChI is InChI=1S/C18H18ClNO6S/c1-27(22,23)20-14-5-2-4-13(10-14)18(21)26-11-12-8-15(19)17-16(9-12)24-6-3-7-25-17/h2,4-5,8-10,20H,3,6-7,11H2,1H3. The van der Waals surface area contributed by atoms with Crippen molar-refractivity contribution in [1.82, 2.24) is 0 Å². The normalized spacial score (nSPS) is 13.6. The molecule has 7 nitrogen and oxygen atoms in total. The summed E-state index contributed by atoms with van der Waals surface area (Å²) in [5.41, 5.74) is 1.16. The summed E-state index contributed by atoms with van der Waals surface area (Å²) in [6.45, 7) is 1.03. The molecule has 2 aromatic rings. The molecule has 0 spiro atoms. The van der Waals surface area contributed by atoms with Crippen LogP contribution in [0.1, 0.15) is 22.3 Å². The van der Waals surface area contributed by atoms with E-state index in [0.717, 1.165) is 12.7 Å². The fourth-order valence-corrected chi connectivity index (χ4v) is 3.37. The first-order valence-corrected chi connectivity index (χ1v) is 10.4. The lowest BCUT2D eigenvalue weighted by atomic mass is 10.2. The zero-order valence-electron chi connectivity index (χ0n) is 14.5. The van der Waals surface area contributed by atoms with Crippen LogP contribution in [0.4, 0.5) is 5.69 Å². The maximum atomic E-state index is 12.3. The number of ether oxygens (including phenoxy) is 3. The summed E-state index contributed by atoms with van der Waals surface area (Å²) in [4.78, 5) is 12.3. The monoisotopic (exact) mass is 411 g/mol. The van der Waals surface area contributed by atoms with Crippen molar-refractivity contribution in [2.75, 3.05) is 24.2 Å². The van der Waals surface area contributed by atoms with Crippen LogP contribution < -0.4 is 14.2 Å². The van der Waals surface area contributed by atoms with Gasteiger partial charge in [0, 0.05) is 12.1 Å². The van der Waals surface area contributed by atoms with E-state index < -0.39 is 16.0 Å². The van der Waals surface area contributed by atoms with Crippen LogP contribution >= 0.6 is 11.6 Å². The average molecular weight is 412 g/mol. The SMILES string of the molecule is CS(=O)(=O)Nc1cccc(C(=O)OCc2cc(Cl)c3c(c2)OCCCO3)c1. The molecule has 0 bridgehead atoms. The largest absolute Gasteiger partial charge is 0.489 e. The number of hydrogen-bond donors (Lipinski definition) is 1. The number of benzene rings is 2. The molecule has 1 heterocycles. The molecule has 0 amide bonds. The number of fused-ring (bicyclic) bond motifs is 1. The molecule has 0 unspecified atom stereocenters. The van der Waals surface area contributed by atoms with Gasteiger partial charge in [-0.1, -0.05) is 17.7 Å². The van der Waals surface area contributed by atoms with Crippen molar-refractivity contribution in [3.8, 4) is 11.5 Å². The molecule has 27 heavy (non-hydrogen) atoms. The maximum absolute atomic E-state index is 12.3. The summed E-state index contributed by atoms with van der Waals surface area (Å²) in [6, 6.07) is 9.43. The van der Waals surface area contributed by atoms with Gasteiger partial charge in [0.2, 0.25) is 10.0 Å². The van der Waals surface area contributed by atoms with Crippen LogP contribution in [0.25, 0.3) is 0 Å². The van der Waals surface area contributed by atoms with Crippen LogP contribution in [0.5, 0.6) is 11.5 Å². The molecule has 0 aromatic heterocycles. The smallest absolute Gasteiger partial charge is 0.338 e. The molecule has 0 saturated carbocycles. The van der Waals surface area contributed by atoms with Crippen molar-refractivity contribution in [3.63, 3.8) is 0 Å². The number of sulfonamides is 1. The van der Waals surface area contributed by atoms with Gasteiger partial charge in [0.1, 0.15) is 6.61 Å². The highest BCUT2D eigenvalue weighted by Gasteiger charge is 2.17. The lowest BCUT2D eigenvalue weighted by Gasteiger charge is -2.12. The summed E-state index contributed by atoms with van der Waals surface area (Å²) in [5.74, 6) is 0.421. The summed E-state index contributed by atoms with van der Waals surface area (Å²) >= 11 is 6.22. The first-order valence-electron chi connectivity index (χ1n) is 8.15. The fraction of sp³-hybridized carbons (Fsp3) is 0.278. The second-order valence-electron chi connectivity index (χ2n) is 5.99. The number of nitrogens with one attached hydrogen (secondary N) is 1. The first kappa shape index (κ1) is 19.3. The van der Waals surface area contributed by atoms with Crippen LogP contribution in [0, 0.1) is 0 Å². The van der Waals surface area contributed by atoms with Crippen LogP contribution in [0.3, 0.4) is 0 Å². The predicted molar refractivity (Wildman–Crippen MR) is 101 cm³/mol. The molecule has 9 heteroatoms. The van der Waals surface area contributed by atoms with Gasteiger partial charge in [-0.05, 0) is 35.9 Å². The molecule has 0 fully saturated rings. The van der Waals surface area contributed by atoms with Gasteiger partial charge in [-0.3, -0.25) is 4.72 Å². The van der Waals surface area contributed by atoms with Gasteiger partial charge in [0.25, 0.3) is 0 Å². The lowest BCUT2D eigenvalue weighted by Crippen LogP contribution is -2.11. The van der Waals surface area contributed by atoms with Crippen molar-refractivity contribution in [1.29, 1.82) is 0 Å². The second-order valence-corrected chi connectivity index (χ2v) is 8.14. The highest BCUT2D eigenvalue weighted by Crippen LogP contribution is 2.38. The third-order valence-electron chi connectivity index (χ3n) is 3.63. The van der Waals surface area contributed by atoms with Gasteiger partial charge in [-0.15, -0.1) is 0 Å². The van der Waals surface area contributed by atoms with E-state index in [1.165, 1.54) is 12.1 Å². The van der Waals surface area contributed by atoms with E-state index in [1.807, 2.05) is 0 Å². The third-order valence-corrected chi connectivity index (χ3v) is 4.52. The average Bonchev–Trinajstić information content (AvgIpc) is 2.84. The number of carbonyl (C=O) groups is 1. The third kappa shape index (κ3) is 5.27. The molecule has 144 valence electrons. The van der Waals surface area contributed by atoms with E-state index in [9.17, 15) is 13.2 Å². The summed E-state index contributed by atoms with van der Waals surface area (Å²) in [5, 5.41) is 0.389. The number of halogens is 1. The molecular formula is C18H18ClNO6S. The van der Waals surface area contributed by atoms with Gasteiger partial charge in [-0.2, -0.15) is 0 Å². The number of esters is 1. The van der Waals surface area contributed by atoms with E-state index in [1.54, 1.807) is 24.3 Å². The Morgan fingerprint density at radius 3 is 2.78 bits per heavy atom. The van der Waals surface area contributed by atoms with E-state index in [-0.39, 0.29) is 17.9 Å². The molecule has 0 atom stereocenters. The molecular weight excluding hydrogens is 394 g/mol. The molecule has 2 aromatic carbocycles. The second kappa shape index (κ2) is 8.06. The zero-order chi connectivity index (χ0) is 19.4. The zero-order valence-corrected chi connectivity index (χ0v) is 16.1. The number of rotatable bonds is 5. The van der Waals surface area contributed by atoms with E-state index >= 15 is 0 Å². The van der Waals surface area contributed by atoms with Crippen LogP contribution in [-0.2, 0) is 21.4 Å². The topological polar surface area (TPSA) is 90.9 Å². The Labute approximate surface area is 162 Å². The quantitative estimate of drug-likeness (QED) is 0.759. The van der Waals surface area contributed by atoms with Gasteiger partial charge in [0.15, 0.2) is 11.5 Å². The van der Waals surface area contributed by atoms with Gasteiger partial charge < -0.3 is 14.2 Å². The Balaban J connectivity index is 1.70. The van der Waals surface area contributed by atoms with Crippen LogP contribution in [-0.4, -0.2) is 33.9 Å². The molecule has 0 aliphatic carbocycles. The van der Waals surface area contributed by atoms with Crippen molar-refractivity contribution >= 4 is 33.3 Å². The summed E-state index contributed by atoms with van der Waals surface area (Å²) in [6.07, 6.45) is 1.79. The predicted octanol–water partition coefficient (Wildman–Crippen LogP) is 3.23. The number of hydrogen-bond acceptors (Lipinski definition) is 6. The molecule has 1 N–H and O–H groups in total. The number of anilines is 1. The van der Waals surface area contributed by atoms with E-state index in [2.05, 4.69) is 4.72 Å². The van der Waals surface area contributed by atoms with Crippen LogP contribution in [0.15, 0.2) is 36.4 Å². The lowest BCUT2D eigenvalue weighted by molar-refractivity contribution is 0.0472. The molecule has 1 aliphatic heterocycles. The van der Waals surface area contributed by atoms with Gasteiger partial charge >= 0.3 is 5.97 Å². The van der Waals surface area contributed by atoms with Crippen molar-refractivity contribution in [2.24, 2.45) is 0 Å². The van der Waals surface area contributed by atoms with Gasteiger partial charge in [0.05, 0.1) is 30.1 Å². The Morgan fingerprint density at radius 1 is 1.22 bits per heavy atom. The molecule has 3 rings (SSSR count). The Bertz CT molecular complexity index is 960. The minimum absolute atomic E-state index is 0.0150. The van der Waals surface area contributed by atoms with E-state index in [4.69, 9.17) is 25.8 Å². The maximum Gasteiger partial charge on any atom is 0.338 e. The van der Waals surface area contributed by atoms with Crippen LogP contribution in [0.2, 0.25) is 5.02 Å². The highest BCUT2D eigenvalue weighted by atomic mass is 35.5. The minimum atomic E-state index is -3.43. The van der Waals surface area contributed by atoms with E-state index in [0.29, 0.717) is 35.3 Å².